The molecule has 6 nitrogen and oxygen atoms in total. The molecule has 0 fully saturated rings. The molecule has 23 heavy (non-hydrogen) atoms. The van der Waals surface area contributed by atoms with E-state index in [0.717, 1.165) is 6.29 Å². The summed E-state index contributed by atoms with van der Waals surface area (Å²) in [6, 6.07) is 4.98. The highest BCUT2D eigenvalue weighted by atomic mass is 16.6. The van der Waals surface area contributed by atoms with Gasteiger partial charge < -0.3 is 19.1 Å². The standard InChI is InChI=1S/C17H25NO5/c1-17(2,3)23-16(20)18(4)9-6-10-22-15-11-13(12-19)7-8-14(15)21-5/h7-8,11-12H,6,9-10H2,1-5H3. The minimum atomic E-state index is -0.509. The zero-order valence-electron chi connectivity index (χ0n) is 14.4. The molecule has 1 aromatic carbocycles. The van der Waals surface area contributed by atoms with Crippen LogP contribution >= 0.6 is 0 Å². The second kappa shape index (κ2) is 8.41. The van der Waals surface area contributed by atoms with Crippen LogP contribution in [0.2, 0.25) is 0 Å². The van der Waals surface area contributed by atoms with Gasteiger partial charge in [-0.05, 0) is 45.4 Å². The molecular weight excluding hydrogens is 298 g/mol. The average Bonchev–Trinajstić information content (AvgIpc) is 2.49. The van der Waals surface area contributed by atoms with E-state index >= 15 is 0 Å². The maximum Gasteiger partial charge on any atom is 0.410 e. The van der Waals surface area contributed by atoms with E-state index in [1.165, 1.54) is 4.90 Å². The summed E-state index contributed by atoms with van der Waals surface area (Å²) in [5, 5.41) is 0. The molecule has 0 saturated carbocycles. The highest BCUT2D eigenvalue weighted by Crippen LogP contribution is 2.27. The Balaban J connectivity index is 2.45. The van der Waals surface area contributed by atoms with Crippen LogP contribution in [-0.4, -0.2) is 50.2 Å². The average molecular weight is 323 g/mol. The van der Waals surface area contributed by atoms with Crippen molar-refractivity contribution in [3.63, 3.8) is 0 Å². The Morgan fingerprint density at radius 3 is 2.52 bits per heavy atom. The van der Waals surface area contributed by atoms with Crippen LogP contribution < -0.4 is 9.47 Å². The van der Waals surface area contributed by atoms with E-state index in [-0.39, 0.29) is 6.09 Å². The van der Waals surface area contributed by atoms with Gasteiger partial charge in [0.2, 0.25) is 0 Å². The fourth-order valence-electron chi connectivity index (χ4n) is 1.79. The minimum Gasteiger partial charge on any atom is -0.493 e. The lowest BCUT2D eigenvalue weighted by Crippen LogP contribution is -2.35. The summed E-state index contributed by atoms with van der Waals surface area (Å²) < 4.78 is 16.1. The van der Waals surface area contributed by atoms with Gasteiger partial charge in [-0.1, -0.05) is 0 Å². The maximum atomic E-state index is 11.8. The molecular formula is C17H25NO5. The number of methoxy groups -OCH3 is 1. The molecule has 0 aliphatic carbocycles. The molecule has 0 aliphatic rings. The van der Waals surface area contributed by atoms with Crippen LogP contribution in [0.1, 0.15) is 37.6 Å². The van der Waals surface area contributed by atoms with E-state index in [2.05, 4.69) is 0 Å². The molecule has 0 aliphatic heterocycles. The molecule has 1 amide bonds. The Kier molecular flexibility index (Phi) is 6.88. The van der Waals surface area contributed by atoms with Crippen LogP contribution in [0.5, 0.6) is 11.5 Å². The summed E-state index contributed by atoms with van der Waals surface area (Å²) in [4.78, 5) is 24.1. The molecule has 0 saturated heterocycles. The Morgan fingerprint density at radius 1 is 1.26 bits per heavy atom. The van der Waals surface area contributed by atoms with E-state index in [4.69, 9.17) is 14.2 Å². The number of amides is 1. The minimum absolute atomic E-state index is 0.363. The number of carbonyl (C=O) groups is 2. The molecule has 1 rings (SSSR count). The lowest BCUT2D eigenvalue weighted by molar-refractivity contribution is 0.0292. The topological polar surface area (TPSA) is 65.1 Å². The van der Waals surface area contributed by atoms with Gasteiger partial charge in [0.1, 0.15) is 11.9 Å². The number of hydrogen-bond donors (Lipinski definition) is 0. The molecule has 0 aromatic heterocycles. The Morgan fingerprint density at radius 2 is 1.96 bits per heavy atom. The monoisotopic (exact) mass is 323 g/mol. The highest BCUT2D eigenvalue weighted by Gasteiger charge is 2.19. The predicted octanol–water partition coefficient (Wildman–Crippen LogP) is 3.14. The van der Waals surface area contributed by atoms with E-state index in [9.17, 15) is 9.59 Å². The van der Waals surface area contributed by atoms with E-state index in [0.29, 0.717) is 36.6 Å². The Labute approximate surface area is 137 Å². The molecule has 0 bridgehead atoms. The van der Waals surface area contributed by atoms with Crippen LogP contribution in [0.25, 0.3) is 0 Å². The predicted molar refractivity (Wildman–Crippen MR) is 87.4 cm³/mol. The van der Waals surface area contributed by atoms with Gasteiger partial charge in [0.25, 0.3) is 0 Å². The first-order valence-electron chi connectivity index (χ1n) is 7.47. The molecule has 0 unspecified atom stereocenters. The largest absolute Gasteiger partial charge is 0.493 e. The van der Waals surface area contributed by atoms with Crippen LogP contribution in [0, 0.1) is 0 Å². The Bertz CT molecular complexity index is 536. The van der Waals surface area contributed by atoms with Gasteiger partial charge in [-0.25, -0.2) is 4.79 Å². The van der Waals surface area contributed by atoms with Crippen molar-refractivity contribution in [2.45, 2.75) is 32.8 Å². The summed E-state index contributed by atoms with van der Waals surface area (Å²) >= 11 is 0. The number of hydrogen-bond acceptors (Lipinski definition) is 5. The maximum absolute atomic E-state index is 11.8. The van der Waals surface area contributed by atoms with Gasteiger partial charge in [-0.3, -0.25) is 4.79 Å². The van der Waals surface area contributed by atoms with Gasteiger partial charge in [0, 0.05) is 19.2 Å². The zero-order chi connectivity index (χ0) is 17.5. The van der Waals surface area contributed by atoms with E-state index in [1.54, 1.807) is 32.4 Å². The quantitative estimate of drug-likeness (QED) is 0.570. The van der Waals surface area contributed by atoms with Crippen molar-refractivity contribution in [3.05, 3.63) is 23.8 Å². The molecule has 128 valence electrons. The molecule has 0 atom stereocenters. The first-order chi connectivity index (χ1) is 10.8. The van der Waals surface area contributed by atoms with Crippen LogP contribution in [0.4, 0.5) is 4.79 Å². The fourth-order valence-corrected chi connectivity index (χ4v) is 1.79. The third-order valence-corrected chi connectivity index (χ3v) is 2.92. The normalized spacial score (nSPS) is 10.8. The molecule has 0 spiro atoms. The SMILES string of the molecule is COc1ccc(C=O)cc1OCCCN(C)C(=O)OC(C)(C)C. The van der Waals surface area contributed by atoms with E-state index < -0.39 is 5.60 Å². The second-order valence-corrected chi connectivity index (χ2v) is 6.13. The number of nitrogens with zero attached hydrogens (tertiary/aromatic N) is 1. The number of ether oxygens (including phenoxy) is 3. The van der Waals surface area contributed by atoms with Crippen molar-refractivity contribution in [1.82, 2.24) is 4.90 Å². The van der Waals surface area contributed by atoms with Crippen LogP contribution in [0.3, 0.4) is 0 Å². The van der Waals surface area contributed by atoms with Crippen LogP contribution in [-0.2, 0) is 4.74 Å². The fraction of sp³-hybridized carbons (Fsp3) is 0.529. The number of benzene rings is 1. The number of carbonyl (C=O) groups excluding carboxylic acids is 2. The van der Waals surface area contributed by atoms with Gasteiger partial charge in [-0.2, -0.15) is 0 Å². The molecule has 0 N–H and O–H groups in total. The molecule has 0 heterocycles. The van der Waals surface area contributed by atoms with Crippen LogP contribution in [0.15, 0.2) is 18.2 Å². The van der Waals surface area contributed by atoms with Gasteiger partial charge in [-0.15, -0.1) is 0 Å². The number of aldehydes is 1. The molecule has 6 heteroatoms. The lowest BCUT2D eigenvalue weighted by Gasteiger charge is -2.24. The van der Waals surface area contributed by atoms with Crippen molar-refractivity contribution >= 4 is 12.4 Å². The Hall–Kier alpha value is -2.24. The zero-order valence-corrected chi connectivity index (χ0v) is 14.4. The van der Waals surface area contributed by atoms with Crippen molar-refractivity contribution in [2.75, 3.05) is 27.3 Å². The van der Waals surface area contributed by atoms with Gasteiger partial charge >= 0.3 is 6.09 Å². The first kappa shape index (κ1) is 18.8. The molecule has 1 aromatic rings. The number of rotatable bonds is 7. The lowest BCUT2D eigenvalue weighted by atomic mass is 10.2. The van der Waals surface area contributed by atoms with E-state index in [1.807, 2.05) is 20.8 Å². The first-order valence-corrected chi connectivity index (χ1v) is 7.47. The van der Waals surface area contributed by atoms with Crippen molar-refractivity contribution < 1.29 is 23.8 Å². The third-order valence-electron chi connectivity index (χ3n) is 2.92. The van der Waals surface area contributed by atoms with Crippen molar-refractivity contribution in [1.29, 1.82) is 0 Å². The summed E-state index contributed by atoms with van der Waals surface area (Å²) in [5.74, 6) is 1.08. The van der Waals surface area contributed by atoms with Gasteiger partial charge in [0.05, 0.1) is 13.7 Å². The second-order valence-electron chi connectivity index (χ2n) is 6.13. The summed E-state index contributed by atoms with van der Waals surface area (Å²) in [7, 11) is 3.22. The highest BCUT2D eigenvalue weighted by molar-refractivity contribution is 5.76. The summed E-state index contributed by atoms with van der Waals surface area (Å²) in [6.45, 7) is 6.38. The smallest absolute Gasteiger partial charge is 0.410 e. The van der Waals surface area contributed by atoms with Crippen molar-refractivity contribution in [3.8, 4) is 11.5 Å². The molecule has 0 radical (unpaired) electrons. The summed E-state index contributed by atoms with van der Waals surface area (Å²) in [5.41, 5.74) is 0.0106. The summed E-state index contributed by atoms with van der Waals surface area (Å²) in [6.07, 6.45) is 1.02. The van der Waals surface area contributed by atoms with Gasteiger partial charge in [0.15, 0.2) is 11.5 Å². The van der Waals surface area contributed by atoms with Crippen molar-refractivity contribution in [2.24, 2.45) is 0 Å². The third kappa shape index (κ3) is 6.59.